The molecule has 34 heavy (non-hydrogen) atoms. The molecule has 0 unspecified atom stereocenters. The molecule has 0 spiro atoms. The van der Waals surface area contributed by atoms with Crippen molar-refractivity contribution in [2.45, 2.75) is 34.6 Å². The number of ether oxygens (including phenoxy) is 3. The summed E-state index contributed by atoms with van der Waals surface area (Å²) in [5.74, 6) is -3.00. The van der Waals surface area contributed by atoms with E-state index in [0.29, 0.717) is 11.3 Å². The number of carbonyl (C=O) groups is 4. The molecule has 3 aromatic rings. The lowest BCUT2D eigenvalue weighted by Crippen LogP contribution is -2.22. The zero-order chi connectivity index (χ0) is 25.0. The largest absolute Gasteiger partial charge is 0.462 e. The zero-order valence-electron chi connectivity index (χ0n) is 19.3. The summed E-state index contributed by atoms with van der Waals surface area (Å²) in [6.45, 7) is 7.99. The predicted molar refractivity (Wildman–Crippen MR) is 120 cm³/mol. The van der Waals surface area contributed by atoms with Gasteiger partial charge in [0.25, 0.3) is 17.5 Å². The summed E-state index contributed by atoms with van der Waals surface area (Å²) >= 11 is 0.869. The van der Waals surface area contributed by atoms with Gasteiger partial charge in [0, 0.05) is 11.4 Å². The number of aryl methyl sites for hydroxylation is 2. The van der Waals surface area contributed by atoms with Crippen molar-refractivity contribution in [2.75, 3.05) is 25.1 Å². The molecule has 0 atom stereocenters. The number of thiophene rings is 1. The van der Waals surface area contributed by atoms with E-state index in [1.54, 1.807) is 40.7 Å². The Morgan fingerprint density at radius 3 is 2.32 bits per heavy atom. The fourth-order valence-corrected chi connectivity index (χ4v) is 4.16. The molecule has 0 aromatic carbocycles. The monoisotopic (exact) mass is 489 g/mol. The number of hydrogen-bond acceptors (Lipinski definition) is 11. The van der Waals surface area contributed by atoms with Crippen LogP contribution in [0.2, 0.25) is 0 Å². The standard InChI is InChI=1S/C21H23N5O7S/c1-6-31-18(28)14-12(5)15(19(29)32-7-2)34-17(14)23-13(27)9-33-20(30)16-24-21-22-10(3)8-11(4)26(21)25-16/h8H,6-7,9H2,1-5H3,(H,23,27). The molecule has 3 aromatic heterocycles. The Labute approximate surface area is 198 Å². The first kappa shape index (κ1) is 24.8. The molecule has 0 aliphatic carbocycles. The van der Waals surface area contributed by atoms with Crippen molar-refractivity contribution < 1.29 is 33.4 Å². The molecule has 180 valence electrons. The molecule has 3 heterocycles. The molecule has 1 N–H and O–H groups in total. The Hall–Kier alpha value is -3.87. The molecule has 3 rings (SSSR count). The summed E-state index contributed by atoms with van der Waals surface area (Å²) in [6, 6.07) is 1.78. The predicted octanol–water partition coefficient (Wildman–Crippen LogP) is 2.26. The van der Waals surface area contributed by atoms with Crippen LogP contribution >= 0.6 is 11.3 Å². The van der Waals surface area contributed by atoms with Crippen molar-refractivity contribution in [1.29, 1.82) is 0 Å². The molecular weight excluding hydrogens is 466 g/mol. The molecule has 0 fully saturated rings. The number of fused-ring (bicyclic) bond motifs is 1. The van der Waals surface area contributed by atoms with E-state index < -0.39 is 30.4 Å². The Balaban J connectivity index is 1.74. The number of esters is 3. The second-order valence-corrected chi connectivity index (χ2v) is 8.03. The van der Waals surface area contributed by atoms with E-state index in [0.717, 1.165) is 17.0 Å². The first-order valence-corrected chi connectivity index (χ1v) is 11.1. The fraction of sp³-hybridized carbons (Fsp3) is 0.381. The summed E-state index contributed by atoms with van der Waals surface area (Å²) in [4.78, 5) is 57.8. The Morgan fingerprint density at radius 1 is 0.971 bits per heavy atom. The lowest BCUT2D eigenvalue weighted by atomic mass is 10.1. The Kier molecular flexibility index (Phi) is 7.56. The number of carbonyl (C=O) groups excluding carboxylic acids is 4. The Morgan fingerprint density at radius 2 is 1.65 bits per heavy atom. The minimum absolute atomic E-state index is 0.0357. The highest BCUT2D eigenvalue weighted by molar-refractivity contribution is 7.18. The van der Waals surface area contributed by atoms with E-state index in [1.807, 2.05) is 0 Å². The summed E-state index contributed by atoms with van der Waals surface area (Å²) in [5, 5.41) is 6.63. The molecule has 12 nitrogen and oxygen atoms in total. The van der Waals surface area contributed by atoms with E-state index in [9.17, 15) is 19.2 Å². The third-order valence-corrected chi connectivity index (χ3v) is 5.66. The van der Waals surface area contributed by atoms with Gasteiger partial charge in [-0.25, -0.2) is 23.9 Å². The topological polar surface area (TPSA) is 151 Å². The van der Waals surface area contributed by atoms with Gasteiger partial charge in [0.2, 0.25) is 0 Å². The lowest BCUT2D eigenvalue weighted by molar-refractivity contribution is -0.119. The first-order chi connectivity index (χ1) is 16.2. The summed E-state index contributed by atoms with van der Waals surface area (Å²) in [6.07, 6.45) is 0. The van der Waals surface area contributed by atoms with Gasteiger partial charge in [0.1, 0.15) is 9.88 Å². The second kappa shape index (κ2) is 10.4. The molecule has 0 saturated heterocycles. The van der Waals surface area contributed by atoms with Gasteiger partial charge in [-0.3, -0.25) is 4.79 Å². The maximum Gasteiger partial charge on any atom is 0.378 e. The summed E-state index contributed by atoms with van der Waals surface area (Å²) in [7, 11) is 0. The van der Waals surface area contributed by atoms with Crippen molar-refractivity contribution in [3.63, 3.8) is 0 Å². The highest BCUT2D eigenvalue weighted by Crippen LogP contribution is 2.34. The minimum atomic E-state index is -0.919. The average molecular weight is 490 g/mol. The molecule has 1 amide bonds. The van der Waals surface area contributed by atoms with E-state index in [-0.39, 0.29) is 40.3 Å². The molecule has 0 aliphatic rings. The van der Waals surface area contributed by atoms with Crippen molar-refractivity contribution >= 4 is 45.9 Å². The number of nitrogens with one attached hydrogen (secondary N) is 1. The van der Waals surface area contributed by atoms with Gasteiger partial charge in [-0.1, -0.05) is 0 Å². The maximum absolute atomic E-state index is 12.5. The van der Waals surface area contributed by atoms with Gasteiger partial charge in [-0.15, -0.1) is 16.4 Å². The van der Waals surface area contributed by atoms with Gasteiger partial charge < -0.3 is 19.5 Å². The van der Waals surface area contributed by atoms with Gasteiger partial charge in [0.15, 0.2) is 6.61 Å². The number of aromatic nitrogens is 4. The van der Waals surface area contributed by atoms with Crippen LogP contribution < -0.4 is 5.32 Å². The second-order valence-electron chi connectivity index (χ2n) is 7.01. The summed E-state index contributed by atoms with van der Waals surface area (Å²) in [5.41, 5.74) is 1.79. The molecular formula is C21H23N5O7S. The van der Waals surface area contributed by atoms with E-state index in [4.69, 9.17) is 14.2 Å². The van der Waals surface area contributed by atoms with Crippen molar-refractivity contribution in [3.8, 4) is 0 Å². The van der Waals surface area contributed by atoms with Gasteiger partial charge in [-0.05, 0) is 46.2 Å². The third kappa shape index (κ3) is 5.20. The third-order valence-electron chi connectivity index (χ3n) is 4.48. The smallest absolute Gasteiger partial charge is 0.378 e. The number of hydrogen-bond donors (Lipinski definition) is 1. The molecule has 0 radical (unpaired) electrons. The van der Waals surface area contributed by atoms with Crippen LogP contribution in [-0.4, -0.2) is 63.2 Å². The van der Waals surface area contributed by atoms with Crippen LogP contribution in [0.4, 0.5) is 5.00 Å². The fourth-order valence-electron chi connectivity index (χ4n) is 3.05. The highest BCUT2D eigenvalue weighted by atomic mass is 32.1. The number of anilines is 1. The quantitative estimate of drug-likeness (QED) is 0.368. The molecule has 13 heteroatoms. The van der Waals surface area contributed by atoms with E-state index in [1.165, 1.54) is 4.52 Å². The zero-order valence-corrected chi connectivity index (χ0v) is 20.1. The van der Waals surface area contributed by atoms with E-state index in [2.05, 4.69) is 20.4 Å². The molecule has 0 bridgehead atoms. The Bertz CT molecular complexity index is 1280. The summed E-state index contributed by atoms with van der Waals surface area (Å²) < 4.78 is 16.4. The van der Waals surface area contributed by atoms with Gasteiger partial charge in [-0.2, -0.15) is 4.98 Å². The van der Waals surface area contributed by atoms with E-state index >= 15 is 0 Å². The lowest BCUT2D eigenvalue weighted by Gasteiger charge is -2.07. The average Bonchev–Trinajstić information content (AvgIpc) is 3.33. The van der Waals surface area contributed by atoms with Crippen LogP contribution in [0, 0.1) is 20.8 Å². The van der Waals surface area contributed by atoms with Crippen molar-refractivity contribution in [3.05, 3.63) is 39.3 Å². The van der Waals surface area contributed by atoms with Gasteiger partial charge >= 0.3 is 17.9 Å². The SMILES string of the molecule is CCOC(=O)c1sc(NC(=O)COC(=O)c2nc3nc(C)cc(C)n3n2)c(C(=O)OCC)c1C. The number of rotatable bonds is 8. The van der Waals surface area contributed by atoms with Crippen LogP contribution in [0.3, 0.4) is 0 Å². The van der Waals surface area contributed by atoms with Crippen LogP contribution in [0.15, 0.2) is 6.07 Å². The highest BCUT2D eigenvalue weighted by Gasteiger charge is 2.27. The first-order valence-electron chi connectivity index (χ1n) is 10.3. The number of amides is 1. The van der Waals surface area contributed by atoms with Crippen LogP contribution in [0.25, 0.3) is 5.78 Å². The van der Waals surface area contributed by atoms with Gasteiger partial charge in [0.05, 0.1) is 18.8 Å². The molecule has 0 saturated carbocycles. The van der Waals surface area contributed by atoms with Crippen LogP contribution in [0.1, 0.15) is 61.4 Å². The number of nitrogens with zero attached hydrogens (tertiary/aromatic N) is 4. The molecule has 0 aliphatic heterocycles. The normalized spacial score (nSPS) is 10.7. The van der Waals surface area contributed by atoms with Crippen molar-refractivity contribution in [2.24, 2.45) is 0 Å². The van der Waals surface area contributed by atoms with Crippen molar-refractivity contribution in [1.82, 2.24) is 19.6 Å². The van der Waals surface area contributed by atoms with Crippen LogP contribution in [-0.2, 0) is 19.0 Å². The minimum Gasteiger partial charge on any atom is -0.462 e. The van der Waals surface area contributed by atoms with Crippen LogP contribution in [0.5, 0.6) is 0 Å². The maximum atomic E-state index is 12.5.